The number of thioether (sulfide) groups is 1. The normalized spacial score (nSPS) is 19.6. The second-order valence-electron chi connectivity index (χ2n) is 2.65. The standard InChI is InChI=1S/C7H9N5OS/c1-2-12-6(13)3-14-7(12)10-11-4-8-9-5-11/h4-5H,2-3H2,1H3/b10-7-. The minimum absolute atomic E-state index is 0.101. The smallest absolute Gasteiger partial charge is 0.239 e. The molecule has 1 aliphatic rings. The number of nitrogens with zero attached hydrogens (tertiary/aromatic N) is 5. The predicted octanol–water partition coefficient (Wildman–Crippen LogP) is -0.00750. The Bertz CT molecular complexity index is 360. The minimum atomic E-state index is 0.101. The highest BCUT2D eigenvalue weighted by Gasteiger charge is 2.26. The van der Waals surface area contributed by atoms with E-state index < -0.39 is 0 Å². The minimum Gasteiger partial charge on any atom is -0.289 e. The first-order valence-corrected chi connectivity index (χ1v) is 5.16. The first kappa shape index (κ1) is 9.20. The fraction of sp³-hybridized carbons (Fsp3) is 0.429. The summed E-state index contributed by atoms with van der Waals surface area (Å²) in [5.74, 6) is 0.568. The Morgan fingerprint density at radius 2 is 2.29 bits per heavy atom. The molecule has 0 N–H and O–H groups in total. The van der Waals surface area contributed by atoms with Crippen LogP contribution in [0.5, 0.6) is 0 Å². The van der Waals surface area contributed by atoms with E-state index in [1.807, 2.05) is 6.92 Å². The molecule has 0 aliphatic carbocycles. The third-order valence-electron chi connectivity index (χ3n) is 1.78. The SMILES string of the molecule is CCN1C(=O)CS/C1=N\n1cnnc1. The van der Waals surface area contributed by atoms with Crippen molar-refractivity contribution < 1.29 is 4.79 Å². The summed E-state index contributed by atoms with van der Waals surface area (Å²) < 4.78 is 1.49. The van der Waals surface area contributed by atoms with E-state index in [-0.39, 0.29) is 5.91 Å². The molecular formula is C7H9N5OS. The molecule has 74 valence electrons. The van der Waals surface area contributed by atoms with Gasteiger partial charge in [0.05, 0.1) is 5.75 Å². The van der Waals surface area contributed by atoms with Crippen molar-refractivity contribution in [2.75, 3.05) is 12.3 Å². The third kappa shape index (κ3) is 1.63. The van der Waals surface area contributed by atoms with E-state index in [1.54, 1.807) is 4.90 Å². The van der Waals surface area contributed by atoms with Gasteiger partial charge in [-0.25, -0.2) is 4.68 Å². The van der Waals surface area contributed by atoms with Crippen LogP contribution in [0.4, 0.5) is 0 Å². The molecule has 1 saturated heterocycles. The van der Waals surface area contributed by atoms with Crippen LogP contribution in [-0.2, 0) is 4.79 Å². The molecule has 1 aliphatic heterocycles. The highest BCUT2D eigenvalue weighted by Crippen LogP contribution is 2.18. The summed E-state index contributed by atoms with van der Waals surface area (Å²) in [6, 6.07) is 0. The van der Waals surface area contributed by atoms with Crippen molar-refractivity contribution in [1.29, 1.82) is 0 Å². The first-order chi connectivity index (χ1) is 6.81. The second kappa shape index (κ2) is 3.79. The molecule has 1 fully saturated rings. The van der Waals surface area contributed by atoms with Crippen LogP contribution in [0.25, 0.3) is 0 Å². The summed E-state index contributed by atoms with van der Waals surface area (Å²) >= 11 is 1.43. The summed E-state index contributed by atoms with van der Waals surface area (Å²) in [6.07, 6.45) is 2.98. The molecule has 6 nitrogen and oxygen atoms in total. The Balaban J connectivity index is 2.22. The van der Waals surface area contributed by atoms with Crippen molar-refractivity contribution in [3.05, 3.63) is 12.7 Å². The number of amidine groups is 1. The summed E-state index contributed by atoms with van der Waals surface area (Å²) in [5.41, 5.74) is 0. The van der Waals surface area contributed by atoms with Crippen LogP contribution in [0.3, 0.4) is 0 Å². The Morgan fingerprint density at radius 1 is 1.57 bits per heavy atom. The predicted molar refractivity (Wildman–Crippen MR) is 52.7 cm³/mol. The van der Waals surface area contributed by atoms with Crippen LogP contribution in [0.2, 0.25) is 0 Å². The zero-order chi connectivity index (χ0) is 9.97. The van der Waals surface area contributed by atoms with Crippen LogP contribution in [0.15, 0.2) is 17.8 Å². The van der Waals surface area contributed by atoms with Crippen LogP contribution in [-0.4, -0.2) is 43.1 Å². The summed E-state index contributed by atoms with van der Waals surface area (Å²) in [7, 11) is 0. The molecule has 0 saturated carbocycles. The Hall–Kier alpha value is -1.37. The van der Waals surface area contributed by atoms with Gasteiger partial charge in [-0.15, -0.1) is 15.3 Å². The lowest BCUT2D eigenvalue weighted by Crippen LogP contribution is -2.29. The zero-order valence-electron chi connectivity index (χ0n) is 7.62. The maximum atomic E-state index is 11.3. The van der Waals surface area contributed by atoms with Gasteiger partial charge in [0.25, 0.3) is 0 Å². The first-order valence-electron chi connectivity index (χ1n) is 4.18. The lowest BCUT2D eigenvalue weighted by atomic mass is 10.5. The number of carbonyl (C=O) groups is 1. The maximum absolute atomic E-state index is 11.3. The molecule has 1 aromatic rings. The number of amides is 1. The zero-order valence-corrected chi connectivity index (χ0v) is 8.44. The Labute approximate surface area is 85.0 Å². The molecule has 0 bridgehead atoms. The number of carbonyl (C=O) groups excluding carboxylic acids is 1. The fourth-order valence-corrected chi connectivity index (χ4v) is 2.08. The lowest BCUT2D eigenvalue weighted by Gasteiger charge is -2.11. The van der Waals surface area contributed by atoms with E-state index >= 15 is 0 Å². The maximum Gasteiger partial charge on any atom is 0.239 e. The van der Waals surface area contributed by atoms with E-state index in [9.17, 15) is 4.79 Å². The van der Waals surface area contributed by atoms with Gasteiger partial charge >= 0.3 is 0 Å². The van der Waals surface area contributed by atoms with Gasteiger partial charge in [-0.3, -0.25) is 9.69 Å². The van der Waals surface area contributed by atoms with Gasteiger partial charge in [-0.05, 0) is 6.92 Å². The molecule has 14 heavy (non-hydrogen) atoms. The quantitative estimate of drug-likeness (QED) is 0.690. The number of aromatic nitrogens is 3. The monoisotopic (exact) mass is 211 g/mol. The molecule has 1 amide bonds. The molecule has 0 atom stereocenters. The van der Waals surface area contributed by atoms with Crippen molar-refractivity contribution in [2.45, 2.75) is 6.92 Å². The average molecular weight is 211 g/mol. The van der Waals surface area contributed by atoms with Crippen molar-refractivity contribution >= 4 is 22.8 Å². The van der Waals surface area contributed by atoms with Gasteiger partial charge in [-0.2, -0.15) is 0 Å². The highest BCUT2D eigenvalue weighted by atomic mass is 32.2. The van der Waals surface area contributed by atoms with Gasteiger partial charge in [0.15, 0.2) is 5.17 Å². The van der Waals surface area contributed by atoms with Crippen molar-refractivity contribution in [1.82, 2.24) is 19.8 Å². The average Bonchev–Trinajstić information content (AvgIpc) is 2.77. The van der Waals surface area contributed by atoms with Gasteiger partial charge in [0.2, 0.25) is 5.91 Å². The van der Waals surface area contributed by atoms with E-state index in [0.717, 1.165) is 0 Å². The fourth-order valence-electron chi connectivity index (χ4n) is 1.13. The number of rotatable bonds is 2. The summed E-state index contributed by atoms with van der Waals surface area (Å²) in [4.78, 5) is 13.0. The van der Waals surface area contributed by atoms with Crippen LogP contribution in [0.1, 0.15) is 6.92 Å². The molecule has 2 rings (SSSR count). The molecule has 0 unspecified atom stereocenters. The molecular weight excluding hydrogens is 202 g/mol. The van der Waals surface area contributed by atoms with Crippen LogP contribution >= 0.6 is 11.8 Å². The Kier molecular flexibility index (Phi) is 2.49. The molecule has 0 aromatic carbocycles. The van der Waals surface area contributed by atoms with Crippen LogP contribution in [0, 0.1) is 0 Å². The van der Waals surface area contributed by atoms with Crippen molar-refractivity contribution in [3.8, 4) is 0 Å². The van der Waals surface area contributed by atoms with Gasteiger partial charge in [0.1, 0.15) is 12.7 Å². The van der Waals surface area contributed by atoms with Gasteiger partial charge in [-0.1, -0.05) is 11.8 Å². The largest absolute Gasteiger partial charge is 0.289 e. The third-order valence-corrected chi connectivity index (χ3v) is 2.73. The molecule has 0 radical (unpaired) electrons. The molecule has 0 spiro atoms. The van der Waals surface area contributed by atoms with Crippen LogP contribution < -0.4 is 0 Å². The second-order valence-corrected chi connectivity index (χ2v) is 3.59. The molecule has 1 aromatic heterocycles. The number of hydrogen-bond donors (Lipinski definition) is 0. The van der Waals surface area contributed by atoms with Gasteiger partial charge in [0, 0.05) is 6.54 Å². The Morgan fingerprint density at radius 3 is 2.93 bits per heavy atom. The van der Waals surface area contributed by atoms with Crippen molar-refractivity contribution in [2.24, 2.45) is 5.10 Å². The van der Waals surface area contributed by atoms with E-state index in [1.165, 1.54) is 29.1 Å². The van der Waals surface area contributed by atoms with E-state index in [2.05, 4.69) is 15.3 Å². The van der Waals surface area contributed by atoms with Gasteiger partial charge < -0.3 is 0 Å². The van der Waals surface area contributed by atoms with E-state index in [4.69, 9.17) is 0 Å². The summed E-state index contributed by atoms with van der Waals surface area (Å²) in [6.45, 7) is 2.57. The molecule has 2 heterocycles. The van der Waals surface area contributed by atoms with Crippen molar-refractivity contribution in [3.63, 3.8) is 0 Å². The summed E-state index contributed by atoms with van der Waals surface area (Å²) in [5, 5.41) is 12.2. The lowest BCUT2D eigenvalue weighted by molar-refractivity contribution is -0.123. The topological polar surface area (TPSA) is 63.4 Å². The number of hydrogen-bond acceptors (Lipinski definition) is 5. The highest BCUT2D eigenvalue weighted by molar-refractivity contribution is 8.15. The molecule has 7 heteroatoms. The van der Waals surface area contributed by atoms with E-state index in [0.29, 0.717) is 17.5 Å².